The Bertz CT molecular complexity index is 1120. The SMILES string of the molecule is CC1CN(c2nc(-c3ccncc3)nc3ccccc23)CC(c2ccccc2)O1. The smallest absolute Gasteiger partial charge is 0.162 e. The molecule has 5 rings (SSSR count). The molecule has 1 aliphatic rings. The topological polar surface area (TPSA) is 51.1 Å². The van der Waals surface area contributed by atoms with Crippen LogP contribution in [-0.2, 0) is 4.74 Å². The summed E-state index contributed by atoms with van der Waals surface area (Å²) in [6.45, 7) is 3.67. The Hall–Kier alpha value is -3.31. The zero-order valence-corrected chi connectivity index (χ0v) is 16.3. The molecule has 29 heavy (non-hydrogen) atoms. The van der Waals surface area contributed by atoms with Crippen LogP contribution >= 0.6 is 0 Å². The van der Waals surface area contributed by atoms with Crippen LogP contribution in [0.25, 0.3) is 22.3 Å². The lowest BCUT2D eigenvalue weighted by atomic mass is 10.1. The first kappa shape index (κ1) is 17.8. The second-order valence-electron chi connectivity index (χ2n) is 7.37. The van der Waals surface area contributed by atoms with Gasteiger partial charge in [0.15, 0.2) is 5.82 Å². The van der Waals surface area contributed by atoms with Crippen molar-refractivity contribution in [3.63, 3.8) is 0 Å². The van der Waals surface area contributed by atoms with Gasteiger partial charge in [0.2, 0.25) is 0 Å². The van der Waals surface area contributed by atoms with E-state index in [-0.39, 0.29) is 12.2 Å². The van der Waals surface area contributed by atoms with Crippen LogP contribution in [0.15, 0.2) is 79.1 Å². The summed E-state index contributed by atoms with van der Waals surface area (Å²) in [5.41, 5.74) is 3.10. The van der Waals surface area contributed by atoms with Gasteiger partial charge in [-0.2, -0.15) is 0 Å². The van der Waals surface area contributed by atoms with Crippen molar-refractivity contribution in [3.8, 4) is 11.4 Å². The second kappa shape index (κ2) is 7.60. The predicted octanol–water partition coefficient (Wildman–Crippen LogP) is 4.66. The normalized spacial score (nSPS) is 19.4. The van der Waals surface area contributed by atoms with Crippen molar-refractivity contribution >= 4 is 16.7 Å². The highest BCUT2D eigenvalue weighted by molar-refractivity contribution is 5.91. The average Bonchev–Trinajstić information content (AvgIpc) is 2.79. The molecule has 5 nitrogen and oxygen atoms in total. The lowest BCUT2D eigenvalue weighted by molar-refractivity contribution is -0.0175. The van der Waals surface area contributed by atoms with Gasteiger partial charge in [0, 0.05) is 36.4 Å². The van der Waals surface area contributed by atoms with Crippen LogP contribution in [0.4, 0.5) is 5.82 Å². The molecule has 4 aromatic rings. The van der Waals surface area contributed by atoms with Crippen molar-refractivity contribution in [2.24, 2.45) is 0 Å². The molecule has 2 unspecified atom stereocenters. The number of pyridine rings is 1. The highest BCUT2D eigenvalue weighted by Gasteiger charge is 2.28. The fourth-order valence-corrected chi connectivity index (χ4v) is 3.91. The quantitative estimate of drug-likeness (QED) is 0.516. The van der Waals surface area contributed by atoms with E-state index in [1.807, 2.05) is 36.4 Å². The third-order valence-electron chi connectivity index (χ3n) is 5.25. The van der Waals surface area contributed by atoms with Gasteiger partial charge in [-0.1, -0.05) is 42.5 Å². The Labute approximate surface area is 170 Å². The molecule has 0 saturated carbocycles. The number of hydrogen-bond donors (Lipinski definition) is 0. The Morgan fingerprint density at radius 1 is 0.862 bits per heavy atom. The minimum absolute atomic E-state index is 0.0121. The fourth-order valence-electron chi connectivity index (χ4n) is 3.91. The molecule has 5 heteroatoms. The third-order valence-corrected chi connectivity index (χ3v) is 5.25. The van der Waals surface area contributed by atoms with Gasteiger partial charge < -0.3 is 9.64 Å². The third kappa shape index (κ3) is 3.57. The van der Waals surface area contributed by atoms with Crippen LogP contribution < -0.4 is 4.90 Å². The molecule has 1 saturated heterocycles. The van der Waals surface area contributed by atoms with Crippen molar-refractivity contribution in [2.45, 2.75) is 19.1 Å². The summed E-state index contributed by atoms with van der Waals surface area (Å²) in [4.78, 5) is 16.2. The summed E-state index contributed by atoms with van der Waals surface area (Å²) in [6, 6.07) is 22.5. The number of anilines is 1. The van der Waals surface area contributed by atoms with Crippen LogP contribution in [0.5, 0.6) is 0 Å². The molecule has 0 N–H and O–H groups in total. The van der Waals surface area contributed by atoms with Gasteiger partial charge in [0.1, 0.15) is 11.9 Å². The van der Waals surface area contributed by atoms with Gasteiger partial charge in [-0.15, -0.1) is 0 Å². The summed E-state index contributed by atoms with van der Waals surface area (Å²) in [7, 11) is 0. The monoisotopic (exact) mass is 382 g/mol. The minimum atomic E-state index is 0.0121. The van der Waals surface area contributed by atoms with Gasteiger partial charge in [-0.3, -0.25) is 4.98 Å². The van der Waals surface area contributed by atoms with Crippen LogP contribution in [0.1, 0.15) is 18.6 Å². The maximum atomic E-state index is 6.26. The van der Waals surface area contributed by atoms with Crippen molar-refractivity contribution in [3.05, 3.63) is 84.7 Å². The molecule has 3 heterocycles. The Morgan fingerprint density at radius 2 is 1.62 bits per heavy atom. The van der Waals surface area contributed by atoms with Gasteiger partial charge in [0.05, 0.1) is 11.6 Å². The first-order valence-electron chi connectivity index (χ1n) is 9.90. The molecule has 2 atom stereocenters. The van der Waals surface area contributed by atoms with E-state index >= 15 is 0 Å². The molecule has 0 amide bonds. The van der Waals surface area contributed by atoms with Crippen molar-refractivity contribution in [1.29, 1.82) is 0 Å². The van der Waals surface area contributed by atoms with E-state index in [9.17, 15) is 0 Å². The average molecular weight is 382 g/mol. The summed E-state index contributed by atoms with van der Waals surface area (Å²) in [5, 5.41) is 1.06. The lowest BCUT2D eigenvalue weighted by Gasteiger charge is -2.38. The zero-order valence-electron chi connectivity index (χ0n) is 16.3. The molecular weight excluding hydrogens is 360 g/mol. The molecule has 2 aromatic heterocycles. The molecule has 0 bridgehead atoms. The van der Waals surface area contributed by atoms with Crippen LogP contribution in [0, 0.1) is 0 Å². The minimum Gasteiger partial charge on any atom is -0.367 e. The van der Waals surface area contributed by atoms with Gasteiger partial charge in [0.25, 0.3) is 0 Å². The van der Waals surface area contributed by atoms with Crippen LogP contribution in [0.2, 0.25) is 0 Å². The van der Waals surface area contributed by atoms with Crippen LogP contribution in [0.3, 0.4) is 0 Å². The first-order chi connectivity index (χ1) is 14.3. The number of nitrogens with zero attached hydrogens (tertiary/aromatic N) is 4. The van der Waals surface area contributed by atoms with E-state index in [0.717, 1.165) is 41.2 Å². The number of hydrogen-bond acceptors (Lipinski definition) is 5. The fraction of sp³-hybridized carbons (Fsp3) is 0.208. The summed E-state index contributed by atoms with van der Waals surface area (Å²) >= 11 is 0. The standard InChI is InChI=1S/C24H22N4O/c1-17-15-28(16-22(29-17)18-7-3-2-4-8-18)24-20-9-5-6-10-21(20)26-23(27-24)19-11-13-25-14-12-19/h2-14,17,22H,15-16H2,1H3. The maximum Gasteiger partial charge on any atom is 0.162 e. The molecule has 0 aliphatic carbocycles. The van der Waals surface area contributed by atoms with Crippen LogP contribution in [-0.4, -0.2) is 34.1 Å². The summed E-state index contributed by atoms with van der Waals surface area (Å²) in [5.74, 6) is 1.68. The van der Waals surface area contributed by atoms with E-state index in [1.54, 1.807) is 12.4 Å². The molecule has 0 spiro atoms. The molecule has 1 aliphatic heterocycles. The molecule has 0 radical (unpaired) electrons. The van der Waals surface area contributed by atoms with E-state index < -0.39 is 0 Å². The lowest BCUT2D eigenvalue weighted by Crippen LogP contribution is -2.43. The molecular formula is C24H22N4O. The molecule has 1 fully saturated rings. The van der Waals surface area contributed by atoms with E-state index in [1.165, 1.54) is 5.56 Å². The molecule has 144 valence electrons. The van der Waals surface area contributed by atoms with Crippen molar-refractivity contribution in [2.75, 3.05) is 18.0 Å². The number of rotatable bonds is 3. The van der Waals surface area contributed by atoms with E-state index in [0.29, 0.717) is 0 Å². The number of morpholine rings is 1. The highest BCUT2D eigenvalue weighted by atomic mass is 16.5. The Kier molecular flexibility index (Phi) is 4.66. The number of benzene rings is 2. The zero-order chi connectivity index (χ0) is 19.6. The number of ether oxygens (including phenoxy) is 1. The number of fused-ring (bicyclic) bond motifs is 1. The van der Waals surface area contributed by atoms with Crippen molar-refractivity contribution < 1.29 is 4.74 Å². The summed E-state index contributed by atoms with van der Waals surface area (Å²) in [6.07, 6.45) is 3.66. The second-order valence-corrected chi connectivity index (χ2v) is 7.37. The van der Waals surface area contributed by atoms with E-state index in [4.69, 9.17) is 14.7 Å². The number of aromatic nitrogens is 3. The Morgan fingerprint density at radius 3 is 2.45 bits per heavy atom. The highest BCUT2D eigenvalue weighted by Crippen LogP contribution is 2.32. The maximum absolute atomic E-state index is 6.26. The largest absolute Gasteiger partial charge is 0.367 e. The van der Waals surface area contributed by atoms with Gasteiger partial charge in [-0.05, 0) is 36.8 Å². The van der Waals surface area contributed by atoms with Gasteiger partial charge in [-0.25, -0.2) is 9.97 Å². The van der Waals surface area contributed by atoms with E-state index in [2.05, 4.69) is 47.1 Å². The molecule has 2 aromatic carbocycles. The Balaban J connectivity index is 1.59. The predicted molar refractivity (Wildman–Crippen MR) is 115 cm³/mol. The van der Waals surface area contributed by atoms with Crippen molar-refractivity contribution in [1.82, 2.24) is 15.0 Å². The van der Waals surface area contributed by atoms with Gasteiger partial charge >= 0.3 is 0 Å². The number of para-hydroxylation sites is 1. The first-order valence-corrected chi connectivity index (χ1v) is 9.90. The summed E-state index contributed by atoms with van der Waals surface area (Å²) < 4.78 is 6.26.